The Hall–Kier alpha value is -1.56. The van der Waals surface area contributed by atoms with Crippen LogP contribution in [-0.2, 0) is 19.6 Å². The zero-order valence-electron chi connectivity index (χ0n) is 11.9. The Bertz CT molecular complexity index is 639. The van der Waals surface area contributed by atoms with Gasteiger partial charge in [0.25, 0.3) is 0 Å². The van der Waals surface area contributed by atoms with Gasteiger partial charge in [-0.05, 0) is 50.0 Å². The standard InChI is InChI=1S/C15H18F3N3/c1-21-13-4-3-11(15(16,17)18)8-12(13)20-14(21)5-2-10-6-7-19-9-10/h3-4,8,10,19H,2,5-7,9H2,1H3. The molecule has 0 amide bonds. The van der Waals surface area contributed by atoms with Crippen LogP contribution in [0.3, 0.4) is 0 Å². The van der Waals surface area contributed by atoms with Gasteiger partial charge in [0.2, 0.25) is 0 Å². The number of rotatable bonds is 3. The second-order valence-corrected chi connectivity index (χ2v) is 5.69. The summed E-state index contributed by atoms with van der Waals surface area (Å²) in [6.07, 6.45) is -1.32. The van der Waals surface area contributed by atoms with Crippen molar-refractivity contribution < 1.29 is 13.2 Å². The maximum Gasteiger partial charge on any atom is 0.416 e. The van der Waals surface area contributed by atoms with E-state index in [1.807, 2.05) is 11.6 Å². The molecule has 1 aromatic heterocycles. The van der Waals surface area contributed by atoms with Gasteiger partial charge < -0.3 is 9.88 Å². The molecule has 2 aromatic rings. The summed E-state index contributed by atoms with van der Waals surface area (Å²) in [5, 5.41) is 3.32. The number of fused-ring (bicyclic) bond motifs is 1. The van der Waals surface area contributed by atoms with Gasteiger partial charge in [-0.25, -0.2) is 4.98 Å². The van der Waals surface area contributed by atoms with Crippen molar-refractivity contribution in [3.05, 3.63) is 29.6 Å². The summed E-state index contributed by atoms with van der Waals surface area (Å²) >= 11 is 0. The highest BCUT2D eigenvalue weighted by molar-refractivity contribution is 5.77. The van der Waals surface area contributed by atoms with Crippen LogP contribution < -0.4 is 5.32 Å². The van der Waals surface area contributed by atoms with E-state index in [0.29, 0.717) is 11.4 Å². The van der Waals surface area contributed by atoms with Crippen molar-refractivity contribution in [1.82, 2.24) is 14.9 Å². The molecule has 1 aliphatic heterocycles. The minimum absolute atomic E-state index is 0.423. The predicted octanol–water partition coefficient (Wildman–Crippen LogP) is 3.13. The summed E-state index contributed by atoms with van der Waals surface area (Å²) in [5.41, 5.74) is 0.536. The first-order chi connectivity index (χ1) is 9.95. The van der Waals surface area contributed by atoms with E-state index in [4.69, 9.17) is 0 Å². The summed E-state index contributed by atoms with van der Waals surface area (Å²) in [7, 11) is 1.87. The van der Waals surface area contributed by atoms with E-state index < -0.39 is 11.7 Å². The van der Waals surface area contributed by atoms with Crippen molar-refractivity contribution in [2.75, 3.05) is 13.1 Å². The van der Waals surface area contributed by atoms with Gasteiger partial charge in [-0.15, -0.1) is 0 Å². The molecule has 1 fully saturated rings. The second-order valence-electron chi connectivity index (χ2n) is 5.69. The van der Waals surface area contributed by atoms with Crippen molar-refractivity contribution in [1.29, 1.82) is 0 Å². The Labute approximate surface area is 121 Å². The Morgan fingerprint density at radius 3 is 2.86 bits per heavy atom. The molecule has 1 unspecified atom stereocenters. The number of aromatic nitrogens is 2. The van der Waals surface area contributed by atoms with Crippen molar-refractivity contribution in [3.63, 3.8) is 0 Å². The normalized spacial score (nSPS) is 19.5. The Morgan fingerprint density at radius 1 is 1.38 bits per heavy atom. The maximum atomic E-state index is 12.7. The fourth-order valence-corrected chi connectivity index (χ4v) is 2.94. The van der Waals surface area contributed by atoms with Crippen molar-refractivity contribution in [2.45, 2.75) is 25.4 Å². The van der Waals surface area contributed by atoms with Crippen LogP contribution in [0, 0.1) is 5.92 Å². The summed E-state index contributed by atoms with van der Waals surface area (Å²) in [4.78, 5) is 4.39. The third-order valence-electron chi connectivity index (χ3n) is 4.24. The number of nitrogens with one attached hydrogen (secondary N) is 1. The summed E-state index contributed by atoms with van der Waals surface area (Å²) in [6, 6.07) is 3.76. The zero-order valence-corrected chi connectivity index (χ0v) is 11.9. The highest BCUT2D eigenvalue weighted by Crippen LogP contribution is 2.31. The average molecular weight is 297 g/mol. The number of halogens is 3. The molecule has 1 atom stereocenters. The van der Waals surface area contributed by atoms with Gasteiger partial charge in [-0.1, -0.05) is 0 Å². The van der Waals surface area contributed by atoms with Crippen LogP contribution in [0.5, 0.6) is 0 Å². The van der Waals surface area contributed by atoms with E-state index in [9.17, 15) is 13.2 Å². The van der Waals surface area contributed by atoms with E-state index in [2.05, 4.69) is 10.3 Å². The molecule has 1 saturated heterocycles. The lowest BCUT2D eigenvalue weighted by atomic mass is 10.0. The molecule has 1 aromatic carbocycles. The molecule has 0 aliphatic carbocycles. The number of hydrogen-bond acceptors (Lipinski definition) is 2. The molecule has 0 saturated carbocycles. The van der Waals surface area contributed by atoms with Gasteiger partial charge in [0.1, 0.15) is 5.82 Å². The molecule has 0 radical (unpaired) electrons. The minimum atomic E-state index is -4.32. The van der Waals surface area contributed by atoms with E-state index in [1.165, 1.54) is 12.5 Å². The van der Waals surface area contributed by atoms with Crippen molar-refractivity contribution in [2.24, 2.45) is 13.0 Å². The lowest BCUT2D eigenvalue weighted by Crippen LogP contribution is -2.10. The second kappa shape index (κ2) is 5.33. The first-order valence-corrected chi connectivity index (χ1v) is 7.18. The number of benzene rings is 1. The van der Waals surface area contributed by atoms with Crippen LogP contribution in [0.25, 0.3) is 11.0 Å². The van der Waals surface area contributed by atoms with Crippen LogP contribution in [0.2, 0.25) is 0 Å². The largest absolute Gasteiger partial charge is 0.416 e. The number of nitrogens with zero attached hydrogens (tertiary/aromatic N) is 2. The molecule has 3 nitrogen and oxygen atoms in total. The van der Waals surface area contributed by atoms with Crippen LogP contribution in [-0.4, -0.2) is 22.6 Å². The highest BCUT2D eigenvalue weighted by Gasteiger charge is 2.31. The Morgan fingerprint density at radius 2 is 2.19 bits per heavy atom. The van der Waals surface area contributed by atoms with E-state index >= 15 is 0 Å². The Kier molecular flexibility index (Phi) is 3.65. The van der Waals surface area contributed by atoms with Crippen LogP contribution in [0.4, 0.5) is 13.2 Å². The minimum Gasteiger partial charge on any atom is -0.331 e. The number of hydrogen-bond donors (Lipinski definition) is 1. The lowest BCUT2D eigenvalue weighted by Gasteiger charge is -2.07. The van der Waals surface area contributed by atoms with Crippen molar-refractivity contribution in [3.8, 4) is 0 Å². The molecule has 2 heterocycles. The molecule has 1 N–H and O–H groups in total. The summed E-state index contributed by atoms with van der Waals surface area (Å²) in [6.45, 7) is 2.09. The third kappa shape index (κ3) is 2.90. The quantitative estimate of drug-likeness (QED) is 0.943. The molecule has 1 aliphatic rings. The molecule has 114 valence electrons. The summed E-state index contributed by atoms with van der Waals surface area (Å²) < 4.78 is 40.1. The monoisotopic (exact) mass is 297 g/mol. The maximum absolute atomic E-state index is 12.7. The number of imidazole rings is 1. The fraction of sp³-hybridized carbons (Fsp3) is 0.533. The molecule has 3 rings (SSSR count). The van der Waals surface area contributed by atoms with E-state index in [-0.39, 0.29) is 0 Å². The molecule has 0 bridgehead atoms. The van der Waals surface area contributed by atoms with Gasteiger partial charge >= 0.3 is 6.18 Å². The number of aryl methyl sites for hydroxylation is 2. The van der Waals surface area contributed by atoms with E-state index in [0.717, 1.165) is 49.4 Å². The topological polar surface area (TPSA) is 29.9 Å². The smallest absolute Gasteiger partial charge is 0.331 e. The highest BCUT2D eigenvalue weighted by atomic mass is 19.4. The average Bonchev–Trinajstić information content (AvgIpc) is 3.04. The zero-order chi connectivity index (χ0) is 15.0. The Balaban J connectivity index is 1.84. The van der Waals surface area contributed by atoms with Crippen LogP contribution >= 0.6 is 0 Å². The molecular weight excluding hydrogens is 279 g/mol. The first-order valence-electron chi connectivity index (χ1n) is 7.18. The van der Waals surface area contributed by atoms with Crippen LogP contribution in [0.1, 0.15) is 24.2 Å². The number of alkyl halides is 3. The van der Waals surface area contributed by atoms with Gasteiger partial charge in [0.15, 0.2) is 0 Å². The van der Waals surface area contributed by atoms with Gasteiger partial charge in [-0.3, -0.25) is 0 Å². The van der Waals surface area contributed by atoms with Crippen molar-refractivity contribution >= 4 is 11.0 Å². The lowest BCUT2D eigenvalue weighted by molar-refractivity contribution is -0.137. The molecule has 6 heteroatoms. The molecular formula is C15H18F3N3. The fourth-order valence-electron chi connectivity index (χ4n) is 2.94. The molecule has 0 spiro atoms. The van der Waals surface area contributed by atoms with Crippen LogP contribution in [0.15, 0.2) is 18.2 Å². The van der Waals surface area contributed by atoms with Gasteiger partial charge in [0, 0.05) is 13.5 Å². The SMILES string of the molecule is Cn1c(CCC2CCNC2)nc2cc(C(F)(F)F)ccc21. The van der Waals surface area contributed by atoms with Gasteiger partial charge in [0.05, 0.1) is 16.6 Å². The van der Waals surface area contributed by atoms with Gasteiger partial charge in [-0.2, -0.15) is 13.2 Å². The predicted molar refractivity (Wildman–Crippen MR) is 75.0 cm³/mol. The first kappa shape index (κ1) is 14.4. The van der Waals surface area contributed by atoms with E-state index in [1.54, 1.807) is 0 Å². The third-order valence-corrected chi connectivity index (χ3v) is 4.24. The molecule has 21 heavy (non-hydrogen) atoms. The summed E-state index contributed by atoms with van der Waals surface area (Å²) in [5.74, 6) is 1.51.